The number of hydrogen-bond acceptors (Lipinski definition) is 4. The molecule has 0 N–H and O–H groups in total. The summed E-state index contributed by atoms with van der Waals surface area (Å²) in [5.41, 5.74) is 3.75. The Balaban J connectivity index is 2.35. The van der Waals surface area contributed by atoms with Crippen molar-refractivity contribution in [1.29, 1.82) is 0 Å². The molecule has 0 aliphatic rings. The molecule has 0 bridgehead atoms. The molecule has 2 aromatic rings. The average Bonchev–Trinajstić information content (AvgIpc) is 2.51. The van der Waals surface area contributed by atoms with Gasteiger partial charge in [-0.1, -0.05) is 48.5 Å². The van der Waals surface area contributed by atoms with Gasteiger partial charge >= 0.3 is 11.9 Å². The fraction of sp³-hybridized carbons (Fsp3) is 0.222. The third-order valence-electron chi connectivity index (χ3n) is 3.19. The number of benzene rings is 2. The summed E-state index contributed by atoms with van der Waals surface area (Å²) in [6, 6.07) is 15.4. The standard InChI is InChI=1S/C18H18O4/c1-13(19)21-11-15-7-3-5-9-17(15)18-10-6-4-8-16(18)12-22-14(2)20/h3-10H,11-12H2,1-2H3. The van der Waals surface area contributed by atoms with Gasteiger partial charge in [0, 0.05) is 13.8 Å². The van der Waals surface area contributed by atoms with Gasteiger partial charge in [0.1, 0.15) is 13.2 Å². The van der Waals surface area contributed by atoms with Crippen LogP contribution in [-0.4, -0.2) is 11.9 Å². The van der Waals surface area contributed by atoms with Crippen LogP contribution in [-0.2, 0) is 32.3 Å². The third-order valence-corrected chi connectivity index (χ3v) is 3.19. The largest absolute Gasteiger partial charge is 0.461 e. The zero-order valence-corrected chi connectivity index (χ0v) is 12.7. The third kappa shape index (κ3) is 4.19. The van der Waals surface area contributed by atoms with Gasteiger partial charge in [0.05, 0.1) is 0 Å². The summed E-state index contributed by atoms with van der Waals surface area (Å²) in [5.74, 6) is -0.633. The molecule has 0 fully saturated rings. The summed E-state index contributed by atoms with van der Waals surface area (Å²) in [6.07, 6.45) is 0. The van der Waals surface area contributed by atoms with E-state index in [2.05, 4.69) is 0 Å². The fourth-order valence-electron chi connectivity index (χ4n) is 2.18. The number of rotatable bonds is 5. The van der Waals surface area contributed by atoms with Gasteiger partial charge in [-0.25, -0.2) is 0 Å². The lowest BCUT2D eigenvalue weighted by atomic mass is 9.96. The predicted octanol–water partition coefficient (Wildman–Crippen LogP) is 3.48. The van der Waals surface area contributed by atoms with Crippen molar-refractivity contribution >= 4 is 11.9 Å². The van der Waals surface area contributed by atoms with Crippen LogP contribution in [0.3, 0.4) is 0 Å². The molecule has 0 heterocycles. The Morgan fingerprint density at radius 2 is 1.09 bits per heavy atom. The Morgan fingerprint density at radius 1 is 0.727 bits per heavy atom. The van der Waals surface area contributed by atoms with E-state index in [1.54, 1.807) is 0 Å². The average molecular weight is 298 g/mol. The summed E-state index contributed by atoms with van der Waals surface area (Å²) in [6.45, 7) is 3.20. The van der Waals surface area contributed by atoms with Crippen molar-refractivity contribution < 1.29 is 19.1 Å². The smallest absolute Gasteiger partial charge is 0.302 e. The van der Waals surface area contributed by atoms with Crippen molar-refractivity contribution in [2.75, 3.05) is 0 Å². The number of hydrogen-bond donors (Lipinski definition) is 0. The normalized spacial score (nSPS) is 10.1. The Bertz CT molecular complexity index is 617. The summed E-state index contributed by atoms with van der Waals surface area (Å²) >= 11 is 0. The van der Waals surface area contributed by atoms with Crippen molar-refractivity contribution in [3.8, 4) is 11.1 Å². The first-order chi connectivity index (χ1) is 10.6. The zero-order valence-electron chi connectivity index (χ0n) is 12.7. The van der Waals surface area contributed by atoms with Crippen LogP contribution < -0.4 is 0 Å². The molecule has 0 spiro atoms. The van der Waals surface area contributed by atoms with Gasteiger partial charge in [-0.2, -0.15) is 0 Å². The molecule has 0 amide bonds. The minimum absolute atomic E-state index is 0.216. The monoisotopic (exact) mass is 298 g/mol. The van der Waals surface area contributed by atoms with E-state index in [1.165, 1.54) is 13.8 Å². The van der Waals surface area contributed by atoms with Gasteiger partial charge in [-0.3, -0.25) is 9.59 Å². The van der Waals surface area contributed by atoms with Crippen LogP contribution in [0, 0.1) is 0 Å². The van der Waals surface area contributed by atoms with Crippen LogP contribution in [0.4, 0.5) is 0 Å². The molecule has 0 aliphatic heterocycles. The van der Waals surface area contributed by atoms with E-state index in [-0.39, 0.29) is 25.2 Å². The molecule has 0 saturated carbocycles. The van der Waals surface area contributed by atoms with Gasteiger partial charge in [-0.05, 0) is 22.3 Å². The Morgan fingerprint density at radius 3 is 1.45 bits per heavy atom. The van der Waals surface area contributed by atoms with Crippen LogP contribution >= 0.6 is 0 Å². The summed E-state index contributed by atoms with van der Waals surface area (Å²) < 4.78 is 10.2. The van der Waals surface area contributed by atoms with Crippen LogP contribution in [0.15, 0.2) is 48.5 Å². The van der Waals surface area contributed by atoms with Crippen LogP contribution in [0.5, 0.6) is 0 Å². The maximum atomic E-state index is 11.0. The van der Waals surface area contributed by atoms with Crippen molar-refractivity contribution in [3.63, 3.8) is 0 Å². The highest BCUT2D eigenvalue weighted by molar-refractivity contribution is 5.72. The summed E-state index contributed by atoms with van der Waals surface area (Å²) in [7, 11) is 0. The molecule has 0 radical (unpaired) electrons. The molecule has 0 atom stereocenters. The summed E-state index contributed by atoms with van der Waals surface area (Å²) in [5, 5.41) is 0. The zero-order chi connectivity index (χ0) is 15.9. The topological polar surface area (TPSA) is 52.6 Å². The molecule has 0 aromatic heterocycles. The highest BCUT2D eigenvalue weighted by Gasteiger charge is 2.10. The van der Waals surface area contributed by atoms with Crippen LogP contribution in [0.1, 0.15) is 25.0 Å². The molecule has 0 saturated heterocycles. The predicted molar refractivity (Wildman–Crippen MR) is 82.8 cm³/mol. The van der Waals surface area contributed by atoms with Gasteiger partial charge in [-0.15, -0.1) is 0 Å². The molecule has 2 aromatic carbocycles. The van der Waals surface area contributed by atoms with Gasteiger partial charge in [0.25, 0.3) is 0 Å². The maximum Gasteiger partial charge on any atom is 0.302 e. The quantitative estimate of drug-likeness (QED) is 0.793. The molecule has 2 rings (SSSR count). The highest BCUT2D eigenvalue weighted by atomic mass is 16.5. The minimum atomic E-state index is -0.317. The molecule has 0 aliphatic carbocycles. The first-order valence-electron chi connectivity index (χ1n) is 7.01. The van der Waals surface area contributed by atoms with Crippen molar-refractivity contribution in [2.24, 2.45) is 0 Å². The van der Waals surface area contributed by atoms with Crippen LogP contribution in [0.25, 0.3) is 11.1 Å². The SMILES string of the molecule is CC(=O)OCc1ccccc1-c1ccccc1COC(C)=O. The van der Waals surface area contributed by atoms with E-state index in [9.17, 15) is 9.59 Å². The summed E-state index contributed by atoms with van der Waals surface area (Å²) in [4.78, 5) is 22.1. The first kappa shape index (κ1) is 15.8. The fourth-order valence-corrected chi connectivity index (χ4v) is 2.18. The van der Waals surface area contributed by atoms with E-state index < -0.39 is 0 Å². The second-order valence-corrected chi connectivity index (χ2v) is 4.87. The van der Waals surface area contributed by atoms with Gasteiger partial charge in [0.2, 0.25) is 0 Å². The lowest BCUT2D eigenvalue weighted by Crippen LogP contribution is -2.03. The Labute approximate surface area is 129 Å². The molecule has 114 valence electrons. The van der Waals surface area contributed by atoms with Gasteiger partial charge < -0.3 is 9.47 Å². The lowest BCUT2D eigenvalue weighted by molar-refractivity contribution is -0.143. The molecule has 0 unspecified atom stereocenters. The van der Waals surface area contributed by atoms with E-state index >= 15 is 0 Å². The minimum Gasteiger partial charge on any atom is -0.461 e. The number of ether oxygens (including phenoxy) is 2. The number of carbonyl (C=O) groups is 2. The van der Waals surface area contributed by atoms with E-state index in [1.807, 2.05) is 48.5 Å². The molecular formula is C18H18O4. The van der Waals surface area contributed by atoms with Gasteiger partial charge in [0.15, 0.2) is 0 Å². The first-order valence-corrected chi connectivity index (χ1v) is 7.01. The Hall–Kier alpha value is -2.62. The maximum absolute atomic E-state index is 11.0. The Kier molecular flexibility index (Phi) is 5.31. The van der Waals surface area contributed by atoms with E-state index in [0.29, 0.717) is 0 Å². The number of carbonyl (C=O) groups excluding carboxylic acids is 2. The van der Waals surface area contributed by atoms with Crippen molar-refractivity contribution in [3.05, 3.63) is 59.7 Å². The van der Waals surface area contributed by atoms with Crippen molar-refractivity contribution in [2.45, 2.75) is 27.1 Å². The number of esters is 2. The second kappa shape index (κ2) is 7.41. The van der Waals surface area contributed by atoms with Crippen LogP contribution in [0.2, 0.25) is 0 Å². The van der Waals surface area contributed by atoms with E-state index in [0.717, 1.165) is 22.3 Å². The molecular weight excluding hydrogens is 280 g/mol. The second-order valence-electron chi connectivity index (χ2n) is 4.87. The molecule has 22 heavy (non-hydrogen) atoms. The lowest BCUT2D eigenvalue weighted by Gasteiger charge is -2.14. The molecule has 4 heteroatoms. The van der Waals surface area contributed by atoms with E-state index in [4.69, 9.17) is 9.47 Å². The molecule has 4 nitrogen and oxygen atoms in total. The highest BCUT2D eigenvalue weighted by Crippen LogP contribution is 2.28. The van der Waals surface area contributed by atoms with Crippen molar-refractivity contribution in [1.82, 2.24) is 0 Å².